The van der Waals surface area contributed by atoms with Crippen molar-refractivity contribution >= 4 is 34.2 Å². The third-order valence-electron chi connectivity index (χ3n) is 7.99. The zero-order valence-corrected chi connectivity index (χ0v) is 23.9. The molecule has 2 aliphatic heterocycles. The van der Waals surface area contributed by atoms with Gasteiger partial charge in [0, 0.05) is 17.8 Å². The largest absolute Gasteiger partial charge is 0.493 e. The maximum Gasteiger partial charge on any atom is 0.299 e. The molecule has 7 nitrogen and oxygen atoms in total. The Labute approximate surface area is 230 Å². The lowest BCUT2D eigenvalue weighted by Crippen LogP contribution is -2.42. The summed E-state index contributed by atoms with van der Waals surface area (Å²) in [6.45, 7) is 7.61. The predicted molar refractivity (Wildman–Crippen MR) is 157 cm³/mol. The van der Waals surface area contributed by atoms with Gasteiger partial charge in [-0.3, -0.25) is 9.79 Å². The lowest BCUT2D eigenvalue weighted by Gasteiger charge is -2.41. The van der Waals surface area contributed by atoms with Crippen molar-refractivity contribution in [3.63, 3.8) is 0 Å². The summed E-state index contributed by atoms with van der Waals surface area (Å²) < 4.78 is 11.2. The summed E-state index contributed by atoms with van der Waals surface area (Å²) in [5.41, 5.74) is 8.15. The van der Waals surface area contributed by atoms with E-state index in [-0.39, 0.29) is 15.9 Å². The van der Waals surface area contributed by atoms with Crippen molar-refractivity contribution in [2.75, 3.05) is 25.7 Å². The number of aliphatic imine (C=N–C) groups is 1. The number of carbonyl (C=O) groups is 1. The van der Waals surface area contributed by atoms with E-state index in [1.54, 1.807) is 14.2 Å². The summed E-state index contributed by atoms with van der Waals surface area (Å²) >= 11 is 1.32. The lowest BCUT2D eigenvalue weighted by molar-refractivity contribution is 0.260. The molecule has 2 aromatic rings. The van der Waals surface area contributed by atoms with Crippen LogP contribution in [0.25, 0.3) is 0 Å². The number of amides is 1. The SMILES string of the molecule is CCC1SC(=O)NN=C1c1ccc2c(c1)C(C)(C)CCN2C(=NC1CCCC1)c1ccc(OC)c(OC)c1. The first kappa shape index (κ1) is 26.6. The molecule has 3 aliphatic rings. The van der Waals surface area contributed by atoms with Crippen LogP contribution in [0.3, 0.4) is 0 Å². The summed E-state index contributed by atoms with van der Waals surface area (Å²) in [6, 6.07) is 13.1. The van der Waals surface area contributed by atoms with Crippen LogP contribution >= 0.6 is 11.8 Å². The van der Waals surface area contributed by atoms with E-state index in [9.17, 15) is 4.79 Å². The number of rotatable bonds is 6. The van der Waals surface area contributed by atoms with Crippen LogP contribution in [0, 0.1) is 0 Å². The number of methoxy groups -OCH3 is 2. The Morgan fingerprint density at radius 1 is 1.13 bits per heavy atom. The molecular formula is C30H38N4O3S. The molecular weight excluding hydrogens is 496 g/mol. The van der Waals surface area contributed by atoms with Crippen LogP contribution in [0.2, 0.25) is 0 Å². The fourth-order valence-electron chi connectivity index (χ4n) is 5.74. The Morgan fingerprint density at radius 2 is 1.89 bits per heavy atom. The van der Waals surface area contributed by atoms with Gasteiger partial charge in [0.15, 0.2) is 11.5 Å². The first-order chi connectivity index (χ1) is 18.3. The highest BCUT2D eigenvalue weighted by molar-refractivity contribution is 8.14. The summed E-state index contributed by atoms with van der Waals surface area (Å²) in [6.07, 6.45) is 6.56. The highest BCUT2D eigenvalue weighted by Gasteiger charge is 2.35. The minimum absolute atomic E-state index is 0.00869. The van der Waals surface area contributed by atoms with Crippen molar-refractivity contribution in [2.24, 2.45) is 10.1 Å². The second-order valence-corrected chi connectivity index (χ2v) is 12.1. The number of ether oxygens (including phenoxy) is 2. The molecule has 0 radical (unpaired) electrons. The van der Waals surface area contributed by atoms with Crippen LogP contribution in [0.5, 0.6) is 11.5 Å². The van der Waals surface area contributed by atoms with E-state index in [4.69, 9.17) is 14.5 Å². The van der Waals surface area contributed by atoms with Crippen LogP contribution in [-0.2, 0) is 5.41 Å². The summed E-state index contributed by atoms with van der Waals surface area (Å²) in [7, 11) is 3.34. The molecule has 8 heteroatoms. The van der Waals surface area contributed by atoms with Gasteiger partial charge in [0.2, 0.25) is 0 Å². The van der Waals surface area contributed by atoms with Gasteiger partial charge in [0.05, 0.1) is 31.2 Å². The van der Waals surface area contributed by atoms with Crippen LogP contribution in [0.4, 0.5) is 10.5 Å². The average Bonchev–Trinajstić information content (AvgIpc) is 3.45. The number of benzene rings is 2. The van der Waals surface area contributed by atoms with E-state index in [0.717, 1.165) is 54.9 Å². The first-order valence-electron chi connectivity index (χ1n) is 13.6. The van der Waals surface area contributed by atoms with Crippen molar-refractivity contribution in [1.82, 2.24) is 5.43 Å². The molecule has 0 aromatic heterocycles. The van der Waals surface area contributed by atoms with Gasteiger partial charge in [0.1, 0.15) is 5.84 Å². The van der Waals surface area contributed by atoms with Gasteiger partial charge in [-0.25, -0.2) is 5.43 Å². The van der Waals surface area contributed by atoms with E-state index < -0.39 is 0 Å². The van der Waals surface area contributed by atoms with Crippen LogP contribution in [0.1, 0.15) is 76.0 Å². The second-order valence-electron chi connectivity index (χ2n) is 10.9. The number of carbonyl (C=O) groups excluding carboxylic acids is 1. The molecule has 1 aliphatic carbocycles. The Hall–Kier alpha value is -3.00. The minimum Gasteiger partial charge on any atom is -0.493 e. The third kappa shape index (κ3) is 5.15. The number of hydrogen-bond donors (Lipinski definition) is 1. The number of hydrazone groups is 1. The molecule has 202 valence electrons. The highest BCUT2D eigenvalue weighted by atomic mass is 32.2. The van der Waals surface area contributed by atoms with E-state index in [1.807, 2.05) is 12.1 Å². The molecule has 1 fully saturated rings. The summed E-state index contributed by atoms with van der Waals surface area (Å²) in [5.74, 6) is 2.41. The molecule has 38 heavy (non-hydrogen) atoms. The molecule has 2 aromatic carbocycles. The molecule has 1 saturated carbocycles. The van der Waals surface area contributed by atoms with Gasteiger partial charge in [-0.05, 0) is 72.6 Å². The smallest absolute Gasteiger partial charge is 0.299 e. The molecule has 1 amide bonds. The number of amidine groups is 1. The molecule has 1 atom stereocenters. The topological polar surface area (TPSA) is 75.5 Å². The molecule has 0 saturated heterocycles. The average molecular weight is 535 g/mol. The van der Waals surface area contributed by atoms with Gasteiger partial charge in [-0.15, -0.1) is 0 Å². The third-order valence-corrected chi connectivity index (χ3v) is 9.14. The fourth-order valence-corrected chi connectivity index (χ4v) is 6.56. The molecule has 0 bridgehead atoms. The Morgan fingerprint density at radius 3 is 2.61 bits per heavy atom. The van der Waals surface area contributed by atoms with Crippen molar-refractivity contribution in [1.29, 1.82) is 0 Å². The second kappa shape index (κ2) is 11.0. The quantitative estimate of drug-likeness (QED) is 0.337. The number of fused-ring (bicyclic) bond motifs is 1. The molecule has 0 spiro atoms. The van der Waals surface area contributed by atoms with Crippen LogP contribution < -0.4 is 19.8 Å². The van der Waals surface area contributed by atoms with E-state index in [1.165, 1.54) is 35.9 Å². The maximum atomic E-state index is 11.9. The predicted octanol–water partition coefficient (Wildman–Crippen LogP) is 6.52. The number of anilines is 1. The van der Waals surface area contributed by atoms with Gasteiger partial charge in [-0.2, -0.15) is 5.10 Å². The van der Waals surface area contributed by atoms with E-state index >= 15 is 0 Å². The first-order valence-corrected chi connectivity index (χ1v) is 14.5. The summed E-state index contributed by atoms with van der Waals surface area (Å²) in [5, 5.41) is 4.43. The number of thioether (sulfide) groups is 1. The van der Waals surface area contributed by atoms with Crippen molar-refractivity contribution in [2.45, 2.75) is 76.0 Å². The molecule has 5 rings (SSSR count). The Balaban J connectivity index is 1.60. The zero-order chi connectivity index (χ0) is 26.9. The van der Waals surface area contributed by atoms with Gasteiger partial charge in [0.25, 0.3) is 5.24 Å². The lowest BCUT2D eigenvalue weighted by atomic mass is 9.76. The Bertz CT molecular complexity index is 1270. The van der Waals surface area contributed by atoms with Gasteiger partial charge < -0.3 is 14.4 Å². The van der Waals surface area contributed by atoms with Crippen molar-refractivity contribution < 1.29 is 14.3 Å². The van der Waals surface area contributed by atoms with Crippen molar-refractivity contribution in [3.8, 4) is 11.5 Å². The zero-order valence-electron chi connectivity index (χ0n) is 23.0. The normalized spacial score (nSPS) is 21.6. The Kier molecular flexibility index (Phi) is 7.70. The van der Waals surface area contributed by atoms with E-state index in [0.29, 0.717) is 17.5 Å². The van der Waals surface area contributed by atoms with E-state index in [2.05, 4.69) is 60.5 Å². The number of nitrogens with zero attached hydrogens (tertiary/aromatic N) is 3. The number of nitrogens with one attached hydrogen (secondary N) is 1. The highest BCUT2D eigenvalue weighted by Crippen LogP contribution is 2.42. The molecule has 1 N–H and O–H groups in total. The summed E-state index contributed by atoms with van der Waals surface area (Å²) in [4.78, 5) is 19.7. The van der Waals surface area contributed by atoms with Crippen LogP contribution in [-0.4, -0.2) is 48.8 Å². The number of hydrogen-bond acceptors (Lipinski definition) is 6. The maximum absolute atomic E-state index is 11.9. The minimum atomic E-state index is -0.0900. The van der Waals surface area contributed by atoms with Gasteiger partial charge in [-0.1, -0.05) is 51.4 Å². The van der Waals surface area contributed by atoms with Crippen molar-refractivity contribution in [3.05, 3.63) is 53.1 Å². The monoisotopic (exact) mass is 534 g/mol. The molecule has 2 heterocycles. The van der Waals surface area contributed by atoms with Gasteiger partial charge >= 0.3 is 0 Å². The molecule has 1 unspecified atom stereocenters. The van der Waals surface area contributed by atoms with Crippen LogP contribution in [0.15, 0.2) is 46.5 Å². The standard InChI is InChI=1S/C30H38N4O3S/c1-6-26-27(32-33-29(35)38-26)19-11-13-23-22(17-19)30(2,3)15-16-34(23)28(31-21-9-7-8-10-21)20-12-14-24(36-4)25(18-20)37-5/h11-14,17-18,21,26H,6-10,15-16H2,1-5H3,(H,33,35). The fraction of sp³-hybridized carbons (Fsp3) is 0.500.